The van der Waals surface area contributed by atoms with E-state index in [4.69, 9.17) is 5.73 Å². The molecule has 0 bridgehead atoms. The molecule has 0 amide bonds. The number of nitrogens with two attached hydrogens (primary N) is 1. The molecule has 0 aromatic carbocycles. The Morgan fingerprint density at radius 2 is 1.77 bits per heavy atom. The van der Waals surface area contributed by atoms with Gasteiger partial charge in [-0.1, -0.05) is 0 Å². The second kappa shape index (κ2) is 3.10. The highest BCUT2D eigenvalue weighted by molar-refractivity contribution is 5.51. The summed E-state index contributed by atoms with van der Waals surface area (Å²) in [6.45, 7) is 0. The van der Waals surface area contributed by atoms with Crippen molar-refractivity contribution in [3.63, 3.8) is 0 Å². The van der Waals surface area contributed by atoms with Crippen molar-refractivity contribution >= 4 is 5.95 Å². The number of hydrogen-bond acceptors (Lipinski definition) is 6. The van der Waals surface area contributed by atoms with Gasteiger partial charge >= 0.3 is 0 Å². The topological polar surface area (TPSA) is 90.5 Å². The second-order valence-corrected chi connectivity index (χ2v) is 2.29. The van der Waals surface area contributed by atoms with Crippen molar-refractivity contribution in [3.05, 3.63) is 25.0 Å². The Morgan fingerprint density at radius 3 is 2.46 bits per heavy atom. The lowest BCUT2D eigenvalue weighted by Crippen LogP contribution is -1.98. The van der Waals surface area contributed by atoms with E-state index in [1.807, 2.05) is 0 Å². The second-order valence-electron chi connectivity index (χ2n) is 2.29. The molecule has 2 aromatic rings. The lowest BCUT2D eigenvalue weighted by atomic mass is 10.3. The zero-order valence-corrected chi connectivity index (χ0v) is 6.62. The molecule has 0 atom stereocenters. The van der Waals surface area contributed by atoms with Crippen LogP contribution in [-0.4, -0.2) is 24.9 Å². The first-order valence-electron chi connectivity index (χ1n) is 3.56. The van der Waals surface area contributed by atoms with Crippen LogP contribution in [-0.2, 0) is 0 Å². The van der Waals surface area contributed by atoms with Gasteiger partial charge in [-0.05, 0) is 0 Å². The van der Waals surface area contributed by atoms with Gasteiger partial charge in [-0.15, -0.1) is 0 Å². The van der Waals surface area contributed by atoms with Crippen LogP contribution in [0, 0.1) is 0 Å². The molecule has 0 fully saturated rings. The molecule has 6 nitrogen and oxygen atoms in total. The zero-order chi connectivity index (χ0) is 9.10. The average Bonchev–Trinajstić information content (AvgIpc) is 2.19. The first-order valence-corrected chi connectivity index (χ1v) is 3.56. The van der Waals surface area contributed by atoms with Crippen LogP contribution in [0.4, 0.5) is 5.95 Å². The van der Waals surface area contributed by atoms with Gasteiger partial charge in [0.1, 0.15) is 12.7 Å². The molecule has 2 rings (SSSR count). The standard InChI is InChI=1S/C7H6N6/c8-7-12-4-11-6(13-7)5-1-9-3-10-2-5/h1-4H,(H2,8,11,12,13). The average molecular weight is 174 g/mol. The Bertz CT molecular complexity index is 401. The summed E-state index contributed by atoms with van der Waals surface area (Å²) < 4.78 is 0. The molecule has 13 heavy (non-hydrogen) atoms. The predicted octanol–water partition coefficient (Wildman–Crippen LogP) is -0.0892. The molecule has 0 unspecified atom stereocenters. The molecule has 0 spiro atoms. The van der Waals surface area contributed by atoms with Crippen LogP contribution in [0.25, 0.3) is 11.4 Å². The van der Waals surface area contributed by atoms with Crippen molar-refractivity contribution in [1.29, 1.82) is 0 Å². The van der Waals surface area contributed by atoms with Crippen molar-refractivity contribution < 1.29 is 0 Å². The van der Waals surface area contributed by atoms with Crippen molar-refractivity contribution in [1.82, 2.24) is 24.9 Å². The van der Waals surface area contributed by atoms with E-state index in [1.165, 1.54) is 12.7 Å². The maximum Gasteiger partial charge on any atom is 0.223 e. The Kier molecular flexibility index (Phi) is 1.79. The third kappa shape index (κ3) is 1.56. The summed E-state index contributed by atoms with van der Waals surface area (Å²) in [4.78, 5) is 19.2. The maximum absolute atomic E-state index is 5.39. The van der Waals surface area contributed by atoms with E-state index in [1.54, 1.807) is 12.4 Å². The molecular formula is C7H6N6. The zero-order valence-electron chi connectivity index (χ0n) is 6.62. The van der Waals surface area contributed by atoms with Crippen LogP contribution in [0.1, 0.15) is 0 Å². The highest BCUT2D eigenvalue weighted by Gasteiger charge is 2.00. The molecule has 0 saturated heterocycles. The fourth-order valence-corrected chi connectivity index (χ4v) is 0.863. The summed E-state index contributed by atoms with van der Waals surface area (Å²) in [5.74, 6) is 0.668. The normalized spacial score (nSPS) is 9.85. The molecule has 64 valence electrons. The summed E-state index contributed by atoms with van der Waals surface area (Å²) in [6, 6.07) is 0. The minimum Gasteiger partial charge on any atom is -0.368 e. The van der Waals surface area contributed by atoms with Crippen LogP contribution in [0.15, 0.2) is 25.0 Å². The Balaban J connectivity index is 2.48. The summed E-state index contributed by atoms with van der Waals surface area (Å²) in [5.41, 5.74) is 6.11. The van der Waals surface area contributed by atoms with Gasteiger partial charge < -0.3 is 5.73 Å². The summed E-state index contributed by atoms with van der Waals surface area (Å²) in [5, 5.41) is 0. The van der Waals surface area contributed by atoms with Gasteiger partial charge in [0.25, 0.3) is 0 Å². The van der Waals surface area contributed by atoms with E-state index in [0.717, 1.165) is 5.56 Å². The number of nitrogen functional groups attached to an aromatic ring is 1. The van der Waals surface area contributed by atoms with Gasteiger partial charge in [-0.3, -0.25) is 0 Å². The van der Waals surface area contributed by atoms with Gasteiger partial charge in [0, 0.05) is 12.4 Å². The third-order valence-electron chi connectivity index (χ3n) is 1.41. The monoisotopic (exact) mass is 174 g/mol. The maximum atomic E-state index is 5.39. The smallest absolute Gasteiger partial charge is 0.223 e. The number of aromatic nitrogens is 5. The lowest BCUT2D eigenvalue weighted by molar-refractivity contribution is 1.06. The van der Waals surface area contributed by atoms with Crippen molar-refractivity contribution in [2.45, 2.75) is 0 Å². The molecule has 0 aliphatic rings. The van der Waals surface area contributed by atoms with Gasteiger partial charge in [0.05, 0.1) is 5.56 Å². The molecule has 2 aromatic heterocycles. The van der Waals surface area contributed by atoms with Gasteiger partial charge in [0.15, 0.2) is 5.82 Å². The third-order valence-corrected chi connectivity index (χ3v) is 1.41. The fourth-order valence-electron chi connectivity index (χ4n) is 0.863. The molecule has 0 aliphatic heterocycles. The van der Waals surface area contributed by atoms with Crippen LogP contribution < -0.4 is 5.73 Å². The van der Waals surface area contributed by atoms with E-state index in [-0.39, 0.29) is 5.95 Å². The van der Waals surface area contributed by atoms with Crippen LogP contribution >= 0.6 is 0 Å². The minimum absolute atomic E-state index is 0.189. The van der Waals surface area contributed by atoms with E-state index in [9.17, 15) is 0 Å². The van der Waals surface area contributed by atoms with E-state index < -0.39 is 0 Å². The highest BCUT2D eigenvalue weighted by atomic mass is 15.1. The molecule has 0 saturated carbocycles. The number of hydrogen-bond donors (Lipinski definition) is 1. The first kappa shape index (κ1) is 7.53. The fraction of sp³-hybridized carbons (Fsp3) is 0. The van der Waals surface area contributed by atoms with Crippen molar-refractivity contribution in [2.24, 2.45) is 0 Å². The van der Waals surface area contributed by atoms with E-state index in [0.29, 0.717) is 5.82 Å². The Hall–Kier alpha value is -2.11. The largest absolute Gasteiger partial charge is 0.368 e. The predicted molar refractivity (Wildman–Crippen MR) is 45.3 cm³/mol. The first-order chi connectivity index (χ1) is 6.36. The van der Waals surface area contributed by atoms with E-state index >= 15 is 0 Å². The van der Waals surface area contributed by atoms with Gasteiger partial charge in [0.2, 0.25) is 5.95 Å². The summed E-state index contributed by atoms with van der Waals surface area (Å²) >= 11 is 0. The quantitative estimate of drug-likeness (QED) is 0.649. The number of rotatable bonds is 1. The van der Waals surface area contributed by atoms with Crippen molar-refractivity contribution in [2.75, 3.05) is 5.73 Å². The van der Waals surface area contributed by atoms with Crippen LogP contribution in [0.2, 0.25) is 0 Å². The molecule has 2 heterocycles. The number of nitrogens with zero attached hydrogens (tertiary/aromatic N) is 5. The van der Waals surface area contributed by atoms with E-state index in [2.05, 4.69) is 24.9 Å². The molecule has 6 heteroatoms. The molecule has 2 N–H and O–H groups in total. The van der Waals surface area contributed by atoms with Crippen LogP contribution in [0.5, 0.6) is 0 Å². The molecular weight excluding hydrogens is 168 g/mol. The lowest BCUT2D eigenvalue weighted by Gasteiger charge is -1.97. The molecule has 0 aliphatic carbocycles. The Labute approximate surface area is 73.9 Å². The van der Waals surface area contributed by atoms with Crippen molar-refractivity contribution in [3.8, 4) is 11.4 Å². The minimum atomic E-state index is 0.189. The summed E-state index contributed by atoms with van der Waals surface area (Å²) in [6.07, 6.45) is 6.02. The SMILES string of the molecule is Nc1ncnc(-c2cncnc2)n1. The van der Waals surface area contributed by atoms with Crippen LogP contribution in [0.3, 0.4) is 0 Å². The highest BCUT2D eigenvalue weighted by Crippen LogP contribution is 2.09. The molecule has 0 radical (unpaired) electrons. The Morgan fingerprint density at radius 1 is 1.00 bits per heavy atom. The summed E-state index contributed by atoms with van der Waals surface area (Å²) in [7, 11) is 0. The van der Waals surface area contributed by atoms with Gasteiger partial charge in [-0.2, -0.15) is 4.98 Å². The number of anilines is 1. The van der Waals surface area contributed by atoms with Gasteiger partial charge in [-0.25, -0.2) is 19.9 Å².